The van der Waals surface area contributed by atoms with Crippen molar-refractivity contribution in [2.24, 2.45) is 27.2 Å². The molecule has 0 saturated carbocycles. The minimum Gasteiger partial charge on any atom is -0.462 e. The highest BCUT2D eigenvalue weighted by atomic mass is 16.8. The Morgan fingerprint density at radius 2 is 1.21 bits per heavy atom. The van der Waals surface area contributed by atoms with Crippen LogP contribution in [0, 0.1) is 0 Å². The number of carbonyl (C=O) groups excluding carboxylic acids is 5. The van der Waals surface area contributed by atoms with Crippen molar-refractivity contribution in [1.29, 1.82) is 0 Å². The lowest BCUT2D eigenvalue weighted by molar-refractivity contribution is -0.333. The number of ether oxygens (including phenoxy) is 11. The second-order valence-electron chi connectivity index (χ2n) is 26.3. The van der Waals surface area contributed by atoms with E-state index < -0.39 is 220 Å². The van der Waals surface area contributed by atoms with Gasteiger partial charge in [0.1, 0.15) is 116 Å². The van der Waals surface area contributed by atoms with Crippen LogP contribution in [0.15, 0.2) is 64.6 Å². The van der Waals surface area contributed by atoms with E-state index in [-0.39, 0.29) is 43.5 Å². The van der Waals surface area contributed by atoms with Gasteiger partial charge in [0.15, 0.2) is 47.9 Å². The minimum atomic E-state index is -2.16. The van der Waals surface area contributed by atoms with Crippen LogP contribution in [0.5, 0.6) is 5.75 Å². The highest BCUT2D eigenvalue weighted by Gasteiger charge is 2.62. The maximum Gasteiger partial charge on any atom is 0.246 e. The normalized spacial score (nSPS) is 35.0. The number of fused-ring (bicyclic) bond motifs is 3. The van der Waals surface area contributed by atoms with Crippen LogP contribution in [0.1, 0.15) is 65.5 Å². The summed E-state index contributed by atoms with van der Waals surface area (Å²) in [6.07, 6.45) is -21.7. The predicted octanol–water partition coefficient (Wildman–Crippen LogP) is -7.30. The maximum atomic E-state index is 15.1. The molecule has 0 aliphatic carbocycles. The number of benzene rings is 2. The Balaban J connectivity index is 0.909. The number of hydrogen-bond acceptors (Lipinski definition) is 31. The van der Waals surface area contributed by atoms with Crippen molar-refractivity contribution in [2.45, 2.75) is 225 Å². The Hall–Kier alpha value is -6.43. The summed E-state index contributed by atoms with van der Waals surface area (Å²) < 4.78 is 68.3. The van der Waals surface area contributed by atoms with Crippen molar-refractivity contribution < 1.29 is 117 Å². The Kier molecular flexibility index (Phi) is 22.3. The average molecular weight is 1360 g/mol. The molecule has 2 aromatic rings. The van der Waals surface area contributed by atoms with E-state index in [2.05, 4.69) is 36.6 Å². The monoisotopic (exact) mass is 1360 g/mol. The molecule has 0 aromatic heterocycles. The number of nitrogens with zero attached hydrogens (tertiary/aromatic N) is 3. The molecule has 0 spiro atoms. The van der Waals surface area contributed by atoms with Gasteiger partial charge in [-0.1, -0.05) is 49.4 Å². The van der Waals surface area contributed by atoms with Crippen LogP contribution in [0.4, 0.5) is 0 Å². The third-order valence-electron chi connectivity index (χ3n) is 18.1. The van der Waals surface area contributed by atoms with Gasteiger partial charge in [0, 0.05) is 12.3 Å². The fourth-order valence-electron chi connectivity index (χ4n) is 13.2. The first kappa shape index (κ1) is 72.3. The molecule has 8 aliphatic rings. The fraction of sp³-hybridized carbons (Fsp3) is 0.689. The molecular formula is C61H89N11O24. The highest BCUT2D eigenvalue weighted by Crippen LogP contribution is 2.44. The molecular weight excluding hydrogens is 1270 g/mol. The predicted molar refractivity (Wildman–Crippen MR) is 328 cm³/mol. The number of amides is 4. The van der Waals surface area contributed by atoms with Gasteiger partial charge in [-0.15, -0.1) is 0 Å². The van der Waals surface area contributed by atoms with Crippen molar-refractivity contribution in [2.75, 3.05) is 39.5 Å². The van der Waals surface area contributed by atoms with E-state index in [1.54, 1.807) is 90.9 Å². The summed E-state index contributed by atoms with van der Waals surface area (Å²) in [5, 5.41) is 101. The Bertz CT molecular complexity index is 3120. The van der Waals surface area contributed by atoms with Crippen LogP contribution >= 0.6 is 0 Å². The molecule has 0 radical (unpaired) electrons. The molecule has 4 amide bonds. The van der Waals surface area contributed by atoms with E-state index in [0.717, 1.165) is 0 Å². The van der Waals surface area contributed by atoms with Gasteiger partial charge < -0.3 is 146 Å². The molecule has 2 aromatic carbocycles. The zero-order valence-electron chi connectivity index (χ0n) is 53.8. The number of guanidine groups is 2. The van der Waals surface area contributed by atoms with Gasteiger partial charge in [-0.3, -0.25) is 29.2 Å². The van der Waals surface area contributed by atoms with Crippen LogP contribution < -0.4 is 48.5 Å². The van der Waals surface area contributed by atoms with Crippen molar-refractivity contribution in [3.63, 3.8) is 0 Å². The Labute approximate surface area is 551 Å². The molecule has 35 heteroatoms. The smallest absolute Gasteiger partial charge is 0.246 e. The van der Waals surface area contributed by atoms with Crippen molar-refractivity contribution in [1.82, 2.24) is 31.5 Å². The maximum absolute atomic E-state index is 15.1. The molecule has 532 valence electrons. The van der Waals surface area contributed by atoms with Crippen LogP contribution in [0.2, 0.25) is 0 Å². The average Bonchev–Trinajstić information content (AvgIpc) is 1.55. The topological polar surface area (TPSA) is 515 Å². The van der Waals surface area contributed by atoms with Gasteiger partial charge in [-0.25, -0.2) is 0 Å². The second kappa shape index (κ2) is 29.6. The summed E-state index contributed by atoms with van der Waals surface area (Å²) >= 11 is 0. The molecule has 96 heavy (non-hydrogen) atoms. The molecule has 6 fully saturated rings. The highest BCUT2D eigenvalue weighted by molar-refractivity contribution is 5.96. The summed E-state index contributed by atoms with van der Waals surface area (Å²) in [7, 11) is 0. The van der Waals surface area contributed by atoms with Crippen LogP contribution in [0.3, 0.4) is 0 Å². The van der Waals surface area contributed by atoms with Gasteiger partial charge in [0.05, 0.1) is 57.6 Å². The van der Waals surface area contributed by atoms with E-state index in [1.165, 1.54) is 17.0 Å². The molecule has 19 N–H and O–H groups in total. The number of carbonyl (C=O) groups is 5. The number of aliphatic imine (C=N–C) groups is 2. The van der Waals surface area contributed by atoms with E-state index in [1.807, 2.05) is 0 Å². The first-order valence-electron chi connectivity index (χ1n) is 31.7. The molecule has 10 rings (SSSR count). The van der Waals surface area contributed by atoms with Gasteiger partial charge in [0.2, 0.25) is 29.9 Å². The fourth-order valence-corrected chi connectivity index (χ4v) is 13.2. The lowest BCUT2D eigenvalue weighted by Gasteiger charge is -2.46. The van der Waals surface area contributed by atoms with Gasteiger partial charge in [0.25, 0.3) is 0 Å². The molecule has 0 bridgehead atoms. The minimum absolute atomic E-state index is 0.140. The van der Waals surface area contributed by atoms with E-state index >= 15 is 9.59 Å². The third-order valence-corrected chi connectivity index (χ3v) is 18.1. The molecule has 8 aliphatic heterocycles. The number of nitrogens with two attached hydrogens (primary N) is 3. The molecule has 25 unspecified atom stereocenters. The van der Waals surface area contributed by atoms with Gasteiger partial charge in [-0.05, 0) is 64.8 Å². The summed E-state index contributed by atoms with van der Waals surface area (Å²) in [5.74, 6) is -9.05. The number of aldehydes is 1. The lowest BCUT2D eigenvalue weighted by Crippen LogP contribution is -2.69. The molecule has 35 nitrogen and oxygen atoms in total. The number of rotatable bonds is 26. The Morgan fingerprint density at radius 1 is 0.667 bits per heavy atom. The SMILES string of the molecule is CC(c1ccccc1)C(N)C(=O)NC(Cc1ccc(OC2OC(CO)C(OC3OC(CO)C(O)C4OC(C)(C)OC34)C3OC(C)(C)OC23)cc1)C(=O)NC(C(=O)NC(C(=O)NC(C=O)CO)C(O)C1CN=C(N)N1C1OC(CO)C(O)C2OC(C)(C)OC21)C(O)C1CN=C(N)N1. The molecule has 25 atom stereocenters. The van der Waals surface area contributed by atoms with Crippen molar-refractivity contribution in [3.8, 4) is 5.75 Å². The third kappa shape index (κ3) is 15.5. The van der Waals surface area contributed by atoms with Crippen LogP contribution in [-0.2, 0) is 77.8 Å². The standard InChI is InChI=1S/C61H89N11O24/c1-25(27-11-9-8-10-12-27)36(62)51(83)68-30(17-26-13-15-29(16-14-26)86-55-49-46(93-61(6,7)96-49)43(35(24-77)89-55)90-56-48-45(92-60(4,5)95-48)42(81)34(23-76)88-56)50(82)70-37(39(78)31-18-65-57(63)69-31)53(85)71-38(52(84)67-28(20-73)21-74)40(79)32-19-66-58(64)72(32)54-47-44(91-59(2,3)94-47)41(80)33(22-75)87-54/h8-16,20,25,28,30-49,54-56,74-81H,17-19,21-24,62H2,1-7H3,(H2,64,66)(H,67,84)(H,68,83)(H,70,82)(H,71,85)(H3,63,65,69). The Morgan fingerprint density at radius 3 is 1.80 bits per heavy atom. The number of aliphatic hydroxyl groups is 8. The summed E-state index contributed by atoms with van der Waals surface area (Å²) in [6, 6.07) is 3.64. The van der Waals surface area contributed by atoms with Gasteiger partial charge >= 0.3 is 0 Å². The number of aliphatic hydroxyl groups excluding tert-OH is 8. The second-order valence-corrected chi connectivity index (χ2v) is 26.3. The number of hydrogen-bond donors (Lipinski definition) is 16. The number of nitrogens with one attached hydrogen (secondary N) is 5. The largest absolute Gasteiger partial charge is 0.462 e. The van der Waals surface area contributed by atoms with Crippen molar-refractivity contribution >= 4 is 41.8 Å². The van der Waals surface area contributed by atoms with Gasteiger partial charge in [-0.2, -0.15) is 0 Å². The first-order chi connectivity index (χ1) is 45.5. The molecule has 6 saturated heterocycles. The van der Waals surface area contributed by atoms with Crippen LogP contribution in [0.25, 0.3) is 0 Å². The van der Waals surface area contributed by atoms with E-state index in [9.17, 15) is 55.2 Å². The van der Waals surface area contributed by atoms with E-state index in [4.69, 9.17) is 69.3 Å². The van der Waals surface area contributed by atoms with Crippen molar-refractivity contribution in [3.05, 3.63) is 65.7 Å². The quantitative estimate of drug-likeness (QED) is 0.0389. The lowest BCUT2D eigenvalue weighted by atomic mass is 9.93. The molecule has 8 heterocycles. The summed E-state index contributed by atoms with van der Waals surface area (Å²) in [4.78, 5) is 80.7. The van der Waals surface area contributed by atoms with Crippen LogP contribution in [-0.4, -0.2) is 291 Å². The van der Waals surface area contributed by atoms with E-state index in [0.29, 0.717) is 11.1 Å². The summed E-state index contributed by atoms with van der Waals surface area (Å²) in [6.45, 7) is 8.00. The zero-order chi connectivity index (χ0) is 69.5. The first-order valence-corrected chi connectivity index (χ1v) is 31.7. The summed E-state index contributed by atoms with van der Waals surface area (Å²) in [5.41, 5.74) is 20.1. The zero-order valence-corrected chi connectivity index (χ0v) is 53.8.